The number of aromatic hydroxyl groups is 1. The normalized spacial score (nSPS) is 10.8. The molecule has 0 saturated carbocycles. The second-order valence-corrected chi connectivity index (χ2v) is 5.75. The van der Waals surface area contributed by atoms with Crippen molar-refractivity contribution in [3.05, 3.63) is 51.0 Å². The Morgan fingerprint density at radius 3 is 2.81 bits per heavy atom. The van der Waals surface area contributed by atoms with Crippen molar-refractivity contribution in [1.82, 2.24) is 15.0 Å². The van der Waals surface area contributed by atoms with E-state index in [1.54, 1.807) is 0 Å². The zero-order valence-electron chi connectivity index (χ0n) is 10.3. The number of hydrogen-bond donors (Lipinski definition) is 2. The molecule has 0 fully saturated rings. The fourth-order valence-electron chi connectivity index (χ4n) is 1.83. The van der Waals surface area contributed by atoms with E-state index in [0.29, 0.717) is 9.34 Å². The molecular weight excluding hydrogens is 317 g/mol. The van der Waals surface area contributed by atoms with Gasteiger partial charge in [-0.25, -0.2) is 9.37 Å². The summed E-state index contributed by atoms with van der Waals surface area (Å²) in [5, 5.41) is 10.3. The molecule has 106 valence electrons. The summed E-state index contributed by atoms with van der Waals surface area (Å²) in [6, 6.07) is 5.34. The molecule has 0 saturated heterocycles. The molecule has 3 rings (SSSR count). The molecule has 0 radical (unpaired) electrons. The van der Waals surface area contributed by atoms with Gasteiger partial charge in [0.05, 0.1) is 6.20 Å². The minimum atomic E-state index is -0.588. The number of halogens is 2. The lowest BCUT2D eigenvalue weighted by Gasteiger charge is -2.04. The number of rotatable bonds is 2. The van der Waals surface area contributed by atoms with Gasteiger partial charge in [0.1, 0.15) is 15.7 Å². The van der Waals surface area contributed by atoms with Crippen LogP contribution in [-0.4, -0.2) is 20.1 Å². The van der Waals surface area contributed by atoms with Crippen LogP contribution in [0.1, 0.15) is 0 Å². The first-order chi connectivity index (χ1) is 10.0. The number of H-pyrrole nitrogens is 1. The van der Waals surface area contributed by atoms with Crippen LogP contribution in [0.5, 0.6) is 5.88 Å². The number of nitrogens with one attached hydrogen (secondary N) is 1. The molecule has 5 nitrogen and oxygen atoms in total. The predicted molar refractivity (Wildman–Crippen MR) is 78.0 cm³/mol. The van der Waals surface area contributed by atoms with Crippen LogP contribution in [-0.2, 0) is 0 Å². The largest absolute Gasteiger partial charge is 0.493 e. The van der Waals surface area contributed by atoms with Gasteiger partial charge >= 0.3 is 0 Å². The highest BCUT2D eigenvalue weighted by molar-refractivity contribution is 7.18. The van der Waals surface area contributed by atoms with Gasteiger partial charge in [-0.15, -0.1) is 0 Å². The summed E-state index contributed by atoms with van der Waals surface area (Å²) in [4.78, 5) is 22.5. The van der Waals surface area contributed by atoms with Crippen LogP contribution in [0, 0.1) is 5.82 Å². The summed E-state index contributed by atoms with van der Waals surface area (Å²) in [6.07, 6.45) is 1.42. The zero-order valence-corrected chi connectivity index (χ0v) is 11.9. The monoisotopic (exact) mass is 323 g/mol. The van der Waals surface area contributed by atoms with Crippen molar-refractivity contribution in [2.75, 3.05) is 0 Å². The highest BCUT2D eigenvalue weighted by Gasteiger charge is 2.16. The average molecular weight is 324 g/mol. The second kappa shape index (κ2) is 5.27. The van der Waals surface area contributed by atoms with Gasteiger partial charge in [-0.1, -0.05) is 35.1 Å². The van der Waals surface area contributed by atoms with Crippen LogP contribution < -0.4 is 5.56 Å². The first kappa shape index (κ1) is 13.7. The number of thiazole rings is 1. The molecular formula is C13H7ClFN3O2S. The van der Waals surface area contributed by atoms with Gasteiger partial charge in [-0.2, -0.15) is 4.98 Å². The van der Waals surface area contributed by atoms with E-state index in [1.807, 2.05) is 0 Å². The predicted octanol–water partition coefficient (Wildman–Crippen LogP) is 3.06. The third kappa shape index (κ3) is 2.65. The van der Waals surface area contributed by atoms with E-state index in [9.17, 15) is 14.3 Å². The molecule has 8 heteroatoms. The van der Waals surface area contributed by atoms with Gasteiger partial charge in [0.2, 0.25) is 5.88 Å². The van der Waals surface area contributed by atoms with Gasteiger partial charge in [0.25, 0.3) is 5.56 Å². The van der Waals surface area contributed by atoms with E-state index in [1.165, 1.54) is 24.4 Å². The Balaban J connectivity index is 2.15. The molecule has 0 atom stereocenters. The van der Waals surface area contributed by atoms with Crippen molar-refractivity contribution in [2.24, 2.45) is 0 Å². The van der Waals surface area contributed by atoms with Crippen LogP contribution in [0.25, 0.3) is 22.0 Å². The maximum absolute atomic E-state index is 13.2. The van der Waals surface area contributed by atoms with Gasteiger partial charge in [-0.3, -0.25) is 4.79 Å². The Bertz CT molecular complexity index is 878. The van der Waals surface area contributed by atoms with Crippen molar-refractivity contribution in [3.8, 4) is 27.8 Å². The van der Waals surface area contributed by atoms with E-state index in [-0.39, 0.29) is 17.0 Å². The molecule has 0 aliphatic heterocycles. The second-order valence-electron chi connectivity index (χ2n) is 4.09. The lowest BCUT2D eigenvalue weighted by molar-refractivity contribution is 0.454. The molecule has 2 N–H and O–H groups in total. The minimum Gasteiger partial charge on any atom is -0.493 e. The molecule has 0 spiro atoms. The van der Waals surface area contributed by atoms with Gasteiger partial charge < -0.3 is 10.1 Å². The number of hydrogen-bond acceptors (Lipinski definition) is 5. The third-order valence-corrected chi connectivity index (χ3v) is 3.82. The number of nitrogens with zero attached hydrogens (tertiary/aromatic N) is 2. The first-order valence-corrected chi connectivity index (χ1v) is 6.95. The lowest BCUT2D eigenvalue weighted by Crippen LogP contribution is -2.12. The van der Waals surface area contributed by atoms with Crippen molar-refractivity contribution in [1.29, 1.82) is 0 Å². The van der Waals surface area contributed by atoms with Crippen molar-refractivity contribution < 1.29 is 9.50 Å². The highest BCUT2D eigenvalue weighted by atomic mass is 35.5. The molecule has 0 unspecified atom stereocenters. The molecule has 2 aromatic heterocycles. The topological polar surface area (TPSA) is 78.9 Å². The summed E-state index contributed by atoms with van der Waals surface area (Å²) >= 11 is 6.88. The van der Waals surface area contributed by atoms with Crippen molar-refractivity contribution in [3.63, 3.8) is 0 Å². The molecule has 3 aromatic rings. The van der Waals surface area contributed by atoms with E-state index in [0.717, 1.165) is 17.4 Å². The summed E-state index contributed by atoms with van der Waals surface area (Å²) in [5.74, 6) is -0.901. The van der Waals surface area contributed by atoms with E-state index < -0.39 is 17.3 Å². The van der Waals surface area contributed by atoms with Crippen LogP contribution in [0.4, 0.5) is 4.39 Å². The Morgan fingerprint density at radius 1 is 1.38 bits per heavy atom. The SMILES string of the molecule is O=c1[nH]c(-c2ncc(Cl)s2)nc(O)c1-c1cccc(F)c1. The van der Waals surface area contributed by atoms with Crippen LogP contribution >= 0.6 is 22.9 Å². The highest BCUT2D eigenvalue weighted by Crippen LogP contribution is 2.29. The van der Waals surface area contributed by atoms with Crippen molar-refractivity contribution in [2.45, 2.75) is 0 Å². The number of benzene rings is 1. The quantitative estimate of drug-likeness (QED) is 0.759. The molecule has 0 aliphatic rings. The van der Waals surface area contributed by atoms with Gasteiger partial charge in [-0.05, 0) is 17.7 Å². The minimum absolute atomic E-state index is 0.0964. The zero-order chi connectivity index (χ0) is 15.0. The number of aromatic nitrogens is 3. The Kier molecular flexibility index (Phi) is 3.44. The van der Waals surface area contributed by atoms with Gasteiger partial charge in [0, 0.05) is 0 Å². The molecule has 0 bridgehead atoms. The maximum atomic E-state index is 13.2. The number of aromatic amines is 1. The van der Waals surface area contributed by atoms with E-state index in [4.69, 9.17) is 11.6 Å². The smallest absolute Gasteiger partial charge is 0.263 e. The summed E-state index contributed by atoms with van der Waals surface area (Å²) < 4.78 is 13.7. The fourth-order valence-corrected chi connectivity index (χ4v) is 2.69. The lowest BCUT2D eigenvalue weighted by atomic mass is 10.1. The Morgan fingerprint density at radius 2 is 2.19 bits per heavy atom. The Hall–Kier alpha value is -2.25. The van der Waals surface area contributed by atoms with Gasteiger partial charge in [0.15, 0.2) is 10.8 Å². The fraction of sp³-hybridized carbons (Fsp3) is 0. The first-order valence-electron chi connectivity index (χ1n) is 5.75. The van der Waals surface area contributed by atoms with E-state index >= 15 is 0 Å². The van der Waals surface area contributed by atoms with E-state index in [2.05, 4.69) is 15.0 Å². The van der Waals surface area contributed by atoms with Crippen LogP contribution in [0.2, 0.25) is 4.34 Å². The maximum Gasteiger partial charge on any atom is 0.263 e. The van der Waals surface area contributed by atoms with Crippen LogP contribution in [0.3, 0.4) is 0 Å². The summed E-state index contributed by atoms with van der Waals surface area (Å²) in [7, 11) is 0. The van der Waals surface area contributed by atoms with Crippen LogP contribution in [0.15, 0.2) is 35.3 Å². The summed E-state index contributed by atoms with van der Waals surface area (Å²) in [6.45, 7) is 0. The summed E-state index contributed by atoms with van der Waals surface area (Å²) in [5.41, 5.74) is -0.444. The molecule has 21 heavy (non-hydrogen) atoms. The standard InChI is InChI=1S/C13H7ClFN3O2S/c14-8-5-16-13(21-8)10-17-11(19)9(12(20)18-10)6-2-1-3-7(15)4-6/h1-5H,(H2,17,18,19,20). The molecule has 1 aromatic carbocycles. The molecule has 0 aliphatic carbocycles. The molecule has 0 amide bonds. The molecule has 2 heterocycles. The Labute approximate surface area is 126 Å². The third-order valence-electron chi connectivity index (χ3n) is 2.69. The van der Waals surface area contributed by atoms with Crippen molar-refractivity contribution >= 4 is 22.9 Å². The average Bonchev–Trinajstić information content (AvgIpc) is 2.85.